The quantitative estimate of drug-likeness (QED) is 0.784. The first-order valence-corrected chi connectivity index (χ1v) is 8.63. The van der Waals surface area contributed by atoms with Crippen molar-refractivity contribution in [3.05, 3.63) is 17.1 Å². The van der Waals surface area contributed by atoms with Gasteiger partial charge in [-0.2, -0.15) is 0 Å². The topological polar surface area (TPSA) is 41.1 Å². The first-order valence-electron chi connectivity index (χ1n) is 8.63. The van der Waals surface area contributed by atoms with Crippen LogP contribution in [0.4, 0.5) is 5.82 Å². The van der Waals surface area contributed by atoms with E-state index in [1.807, 2.05) is 0 Å². The third-order valence-corrected chi connectivity index (χ3v) is 4.37. The van der Waals surface area contributed by atoms with Gasteiger partial charge in [-0.1, -0.05) is 20.3 Å². The summed E-state index contributed by atoms with van der Waals surface area (Å²) in [6.07, 6.45) is 7.06. The van der Waals surface area contributed by atoms with Crippen molar-refractivity contribution in [2.24, 2.45) is 0 Å². The van der Waals surface area contributed by atoms with Gasteiger partial charge in [0.05, 0.1) is 0 Å². The number of rotatable bonds is 7. The molecule has 4 heteroatoms. The van der Waals surface area contributed by atoms with E-state index in [0.717, 1.165) is 57.1 Å². The Hall–Kier alpha value is -1.16. The molecule has 1 aromatic rings. The van der Waals surface area contributed by atoms with E-state index in [0.29, 0.717) is 0 Å². The van der Waals surface area contributed by atoms with Gasteiger partial charge in [0.25, 0.3) is 0 Å². The predicted octanol–water partition coefficient (Wildman–Crippen LogP) is 3.06. The number of fused-ring (bicyclic) bond motifs is 1. The van der Waals surface area contributed by atoms with Crippen molar-refractivity contribution in [2.75, 3.05) is 31.5 Å². The van der Waals surface area contributed by atoms with Gasteiger partial charge in [0, 0.05) is 30.8 Å². The number of aromatic nitrogens is 2. The minimum atomic E-state index is 0.930. The Labute approximate surface area is 129 Å². The molecule has 2 rings (SSSR count). The zero-order valence-corrected chi connectivity index (χ0v) is 13.9. The fourth-order valence-corrected chi connectivity index (χ4v) is 3.05. The number of anilines is 1. The number of nitrogens with zero attached hydrogens (tertiary/aromatic N) is 3. The molecule has 1 aliphatic rings. The van der Waals surface area contributed by atoms with Crippen LogP contribution in [0.2, 0.25) is 0 Å². The molecule has 0 aliphatic heterocycles. The lowest BCUT2D eigenvalue weighted by atomic mass is 10.1. The lowest BCUT2D eigenvalue weighted by Crippen LogP contribution is -2.26. The van der Waals surface area contributed by atoms with Crippen molar-refractivity contribution in [1.82, 2.24) is 14.9 Å². The highest BCUT2D eigenvalue weighted by atomic mass is 15.1. The molecule has 21 heavy (non-hydrogen) atoms. The first-order chi connectivity index (χ1) is 10.3. The second kappa shape index (κ2) is 8.32. The molecular formula is C17H30N4. The van der Waals surface area contributed by atoms with Crippen LogP contribution in [0.25, 0.3) is 0 Å². The Morgan fingerprint density at radius 3 is 2.48 bits per heavy atom. The van der Waals surface area contributed by atoms with Gasteiger partial charge in [-0.15, -0.1) is 0 Å². The summed E-state index contributed by atoms with van der Waals surface area (Å²) in [5.41, 5.74) is 2.67. The summed E-state index contributed by atoms with van der Waals surface area (Å²) in [5, 5.41) is 3.45. The van der Waals surface area contributed by atoms with Gasteiger partial charge in [-0.25, -0.2) is 9.97 Å². The number of nitrogens with one attached hydrogen (secondary N) is 1. The monoisotopic (exact) mass is 290 g/mol. The summed E-state index contributed by atoms with van der Waals surface area (Å²) in [6, 6.07) is 0. The molecular weight excluding hydrogens is 260 g/mol. The van der Waals surface area contributed by atoms with E-state index >= 15 is 0 Å². The number of hydrogen-bond acceptors (Lipinski definition) is 4. The molecule has 118 valence electrons. The van der Waals surface area contributed by atoms with Gasteiger partial charge in [0.2, 0.25) is 0 Å². The second-order valence-corrected chi connectivity index (χ2v) is 5.78. The fraction of sp³-hybridized carbons (Fsp3) is 0.765. The van der Waals surface area contributed by atoms with E-state index in [4.69, 9.17) is 9.97 Å². The van der Waals surface area contributed by atoms with E-state index in [-0.39, 0.29) is 0 Å². The number of aryl methyl sites for hydroxylation is 1. The Morgan fingerprint density at radius 1 is 1.00 bits per heavy atom. The Bertz CT molecular complexity index is 441. The van der Waals surface area contributed by atoms with Crippen LogP contribution in [-0.2, 0) is 19.3 Å². The van der Waals surface area contributed by atoms with Crippen molar-refractivity contribution >= 4 is 5.82 Å². The highest BCUT2D eigenvalue weighted by Crippen LogP contribution is 2.25. The summed E-state index contributed by atoms with van der Waals surface area (Å²) < 4.78 is 0. The minimum absolute atomic E-state index is 0.930. The molecule has 0 saturated carbocycles. The molecule has 0 amide bonds. The molecule has 1 N–H and O–H groups in total. The molecule has 1 aliphatic carbocycles. The smallest absolute Gasteiger partial charge is 0.133 e. The van der Waals surface area contributed by atoms with Crippen molar-refractivity contribution in [3.63, 3.8) is 0 Å². The van der Waals surface area contributed by atoms with Crippen LogP contribution >= 0.6 is 0 Å². The van der Waals surface area contributed by atoms with Gasteiger partial charge in [0.15, 0.2) is 0 Å². The van der Waals surface area contributed by atoms with Crippen LogP contribution in [0.5, 0.6) is 0 Å². The molecule has 0 radical (unpaired) electrons. The summed E-state index contributed by atoms with van der Waals surface area (Å²) in [6.45, 7) is 10.7. The molecule has 0 aromatic carbocycles. The minimum Gasteiger partial charge on any atom is -0.370 e. The summed E-state index contributed by atoms with van der Waals surface area (Å²) in [5.74, 6) is 2.11. The van der Waals surface area contributed by atoms with Crippen LogP contribution in [-0.4, -0.2) is 41.0 Å². The van der Waals surface area contributed by atoms with Gasteiger partial charge >= 0.3 is 0 Å². The van der Waals surface area contributed by atoms with Crippen molar-refractivity contribution in [3.8, 4) is 0 Å². The van der Waals surface area contributed by atoms with E-state index in [1.165, 1.54) is 30.5 Å². The van der Waals surface area contributed by atoms with Crippen LogP contribution in [0.15, 0.2) is 0 Å². The van der Waals surface area contributed by atoms with E-state index in [9.17, 15) is 0 Å². The highest BCUT2D eigenvalue weighted by Gasteiger charge is 2.16. The Balaban J connectivity index is 2.18. The molecule has 0 saturated heterocycles. The average molecular weight is 290 g/mol. The van der Waals surface area contributed by atoms with Crippen LogP contribution in [0, 0.1) is 0 Å². The normalized spacial score (nSPS) is 14.9. The zero-order chi connectivity index (χ0) is 15.1. The highest BCUT2D eigenvalue weighted by molar-refractivity contribution is 5.47. The number of likely N-dealkylation sites (N-methyl/N-ethyl adjacent to an activating group) is 1. The van der Waals surface area contributed by atoms with Crippen LogP contribution in [0.1, 0.15) is 57.1 Å². The molecule has 0 unspecified atom stereocenters. The third kappa shape index (κ3) is 4.40. The van der Waals surface area contributed by atoms with Crippen molar-refractivity contribution < 1.29 is 0 Å². The van der Waals surface area contributed by atoms with Crippen molar-refractivity contribution in [1.29, 1.82) is 0 Å². The zero-order valence-electron chi connectivity index (χ0n) is 13.9. The number of hydrogen-bond donors (Lipinski definition) is 1. The molecule has 0 spiro atoms. The maximum Gasteiger partial charge on any atom is 0.133 e. The molecule has 1 heterocycles. The van der Waals surface area contributed by atoms with Crippen molar-refractivity contribution in [2.45, 2.75) is 59.3 Å². The lowest BCUT2D eigenvalue weighted by Gasteiger charge is -2.18. The van der Waals surface area contributed by atoms with Gasteiger partial charge < -0.3 is 10.2 Å². The summed E-state index contributed by atoms with van der Waals surface area (Å²) in [7, 11) is 0. The van der Waals surface area contributed by atoms with Gasteiger partial charge in [-0.05, 0) is 45.7 Å². The average Bonchev–Trinajstić information content (AvgIpc) is 2.74. The molecule has 0 bridgehead atoms. The molecule has 4 nitrogen and oxygen atoms in total. The summed E-state index contributed by atoms with van der Waals surface area (Å²) >= 11 is 0. The van der Waals surface area contributed by atoms with E-state index in [1.54, 1.807) is 0 Å². The maximum absolute atomic E-state index is 4.88. The van der Waals surface area contributed by atoms with E-state index in [2.05, 4.69) is 31.0 Å². The van der Waals surface area contributed by atoms with E-state index < -0.39 is 0 Å². The van der Waals surface area contributed by atoms with Crippen LogP contribution in [0.3, 0.4) is 0 Å². The SMILES string of the molecule is CCNc1nc(CCN(CC)CC)nc2c1CCCCC2. The largest absolute Gasteiger partial charge is 0.370 e. The molecule has 0 fully saturated rings. The molecule has 1 aromatic heterocycles. The maximum atomic E-state index is 4.88. The fourth-order valence-electron chi connectivity index (χ4n) is 3.05. The van der Waals surface area contributed by atoms with Crippen LogP contribution < -0.4 is 5.32 Å². The summed E-state index contributed by atoms with van der Waals surface area (Å²) in [4.78, 5) is 12.1. The Kier molecular flexibility index (Phi) is 6.43. The van der Waals surface area contributed by atoms with Gasteiger partial charge in [0.1, 0.15) is 11.6 Å². The second-order valence-electron chi connectivity index (χ2n) is 5.78. The Morgan fingerprint density at radius 2 is 1.76 bits per heavy atom. The van der Waals surface area contributed by atoms with Gasteiger partial charge in [-0.3, -0.25) is 0 Å². The first kappa shape index (κ1) is 16.2. The standard InChI is InChI=1S/C17H30N4/c1-4-18-17-14-10-8-7-9-11-15(14)19-16(20-17)12-13-21(5-2)6-3/h4-13H2,1-3H3,(H,18,19,20). The molecule has 0 atom stereocenters. The lowest BCUT2D eigenvalue weighted by molar-refractivity contribution is 0.305. The predicted molar refractivity (Wildman–Crippen MR) is 88.9 cm³/mol. The third-order valence-electron chi connectivity index (χ3n) is 4.37.